The smallest absolute Gasteiger partial charge is 0.305 e. The maximum atomic E-state index is 11.0. The third-order valence-electron chi connectivity index (χ3n) is 5.59. The van der Waals surface area contributed by atoms with Gasteiger partial charge in [0.05, 0.1) is 7.11 Å². The fourth-order valence-corrected chi connectivity index (χ4v) is 3.64. The van der Waals surface area contributed by atoms with E-state index in [-0.39, 0.29) is 5.97 Å². The van der Waals surface area contributed by atoms with E-state index < -0.39 is 0 Å². The van der Waals surface area contributed by atoms with Crippen molar-refractivity contribution in [3.63, 3.8) is 0 Å². The summed E-state index contributed by atoms with van der Waals surface area (Å²) in [5.41, 5.74) is 2.80. The van der Waals surface area contributed by atoms with E-state index in [9.17, 15) is 4.79 Å². The monoisotopic (exact) mass is 400 g/mol. The number of methoxy groups -OCH3 is 1. The Hall–Kier alpha value is -1.57. The van der Waals surface area contributed by atoms with Crippen molar-refractivity contribution < 1.29 is 9.53 Å². The average Bonchev–Trinajstić information content (AvgIpc) is 2.75. The standard InChI is InChI=1S/C27H44O2/c1-3-4-5-6-12-15-18-25-21-23-26(24-22-25)19-16-13-10-8-7-9-11-14-17-20-27(28)29-2/h16,19,21-24H,3-15,17-18,20H2,1-2H3/b19-16-. The molecule has 0 unspecified atom stereocenters. The Morgan fingerprint density at radius 1 is 0.793 bits per heavy atom. The molecule has 29 heavy (non-hydrogen) atoms. The molecular formula is C27H44O2. The summed E-state index contributed by atoms with van der Waals surface area (Å²) in [6, 6.07) is 9.12. The first-order valence-corrected chi connectivity index (χ1v) is 12.1. The molecule has 0 N–H and O–H groups in total. The minimum absolute atomic E-state index is 0.0794. The Bertz CT molecular complexity index is 530. The van der Waals surface area contributed by atoms with Gasteiger partial charge in [-0.3, -0.25) is 4.79 Å². The van der Waals surface area contributed by atoms with Crippen molar-refractivity contribution in [2.24, 2.45) is 0 Å². The van der Waals surface area contributed by atoms with Crippen LogP contribution in [0.15, 0.2) is 30.3 Å². The van der Waals surface area contributed by atoms with Gasteiger partial charge in [-0.1, -0.05) is 108 Å². The van der Waals surface area contributed by atoms with E-state index in [2.05, 4.69) is 48.1 Å². The second kappa shape index (κ2) is 18.5. The van der Waals surface area contributed by atoms with Crippen LogP contribution in [0.2, 0.25) is 0 Å². The zero-order valence-electron chi connectivity index (χ0n) is 19.1. The van der Waals surface area contributed by atoms with Crippen LogP contribution >= 0.6 is 0 Å². The molecule has 0 spiro atoms. The molecule has 0 atom stereocenters. The number of unbranched alkanes of at least 4 members (excludes halogenated alkanes) is 12. The van der Waals surface area contributed by atoms with E-state index in [1.165, 1.54) is 102 Å². The molecule has 0 bridgehead atoms. The minimum Gasteiger partial charge on any atom is -0.469 e. The molecule has 164 valence electrons. The lowest BCUT2D eigenvalue weighted by Crippen LogP contribution is -1.99. The summed E-state index contributed by atoms with van der Waals surface area (Å²) in [4.78, 5) is 11.0. The van der Waals surface area contributed by atoms with E-state index in [4.69, 9.17) is 0 Å². The van der Waals surface area contributed by atoms with E-state index in [1.807, 2.05) is 0 Å². The van der Waals surface area contributed by atoms with Crippen molar-refractivity contribution in [1.82, 2.24) is 0 Å². The Balaban J connectivity index is 1.99. The zero-order chi connectivity index (χ0) is 21.0. The van der Waals surface area contributed by atoms with Gasteiger partial charge >= 0.3 is 5.97 Å². The van der Waals surface area contributed by atoms with Crippen LogP contribution in [0.3, 0.4) is 0 Å². The summed E-state index contributed by atoms with van der Waals surface area (Å²) in [6.07, 6.45) is 24.3. The van der Waals surface area contributed by atoms with Crippen molar-refractivity contribution >= 4 is 12.0 Å². The minimum atomic E-state index is -0.0794. The third-order valence-corrected chi connectivity index (χ3v) is 5.59. The van der Waals surface area contributed by atoms with Gasteiger partial charge in [0.25, 0.3) is 0 Å². The number of carbonyl (C=O) groups is 1. The summed E-state index contributed by atoms with van der Waals surface area (Å²) in [7, 11) is 1.46. The summed E-state index contributed by atoms with van der Waals surface area (Å²) in [5.74, 6) is -0.0794. The molecular weight excluding hydrogens is 356 g/mol. The molecule has 0 saturated carbocycles. The first-order valence-electron chi connectivity index (χ1n) is 12.1. The molecule has 0 heterocycles. The lowest BCUT2D eigenvalue weighted by atomic mass is 10.0. The van der Waals surface area contributed by atoms with Crippen molar-refractivity contribution in [1.29, 1.82) is 0 Å². The second-order valence-corrected chi connectivity index (χ2v) is 8.25. The summed E-state index contributed by atoms with van der Waals surface area (Å²) < 4.78 is 4.66. The van der Waals surface area contributed by atoms with Gasteiger partial charge in [-0.2, -0.15) is 0 Å². The molecule has 0 amide bonds. The van der Waals surface area contributed by atoms with Crippen LogP contribution in [-0.2, 0) is 16.0 Å². The van der Waals surface area contributed by atoms with Gasteiger partial charge in [0.15, 0.2) is 0 Å². The van der Waals surface area contributed by atoms with E-state index in [0.717, 1.165) is 12.8 Å². The largest absolute Gasteiger partial charge is 0.469 e. The lowest BCUT2D eigenvalue weighted by molar-refractivity contribution is -0.140. The molecule has 0 radical (unpaired) electrons. The van der Waals surface area contributed by atoms with Gasteiger partial charge < -0.3 is 4.74 Å². The van der Waals surface area contributed by atoms with Crippen LogP contribution in [0, 0.1) is 0 Å². The van der Waals surface area contributed by atoms with Crippen molar-refractivity contribution in [3.05, 3.63) is 41.5 Å². The molecule has 0 aliphatic carbocycles. The number of ether oxygens (including phenoxy) is 1. The molecule has 0 fully saturated rings. The Labute approximate surface area is 180 Å². The highest BCUT2D eigenvalue weighted by atomic mass is 16.5. The third kappa shape index (κ3) is 15.0. The lowest BCUT2D eigenvalue weighted by Gasteiger charge is -2.03. The highest BCUT2D eigenvalue weighted by molar-refractivity contribution is 5.68. The zero-order valence-corrected chi connectivity index (χ0v) is 19.1. The normalized spacial score (nSPS) is 11.2. The van der Waals surface area contributed by atoms with Crippen LogP contribution in [-0.4, -0.2) is 13.1 Å². The molecule has 0 aliphatic heterocycles. The maximum absolute atomic E-state index is 11.0. The fourth-order valence-electron chi connectivity index (χ4n) is 3.64. The average molecular weight is 401 g/mol. The molecule has 1 aromatic carbocycles. The summed E-state index contributed by atoms with van der Waals surface area (Å²) >= 11 is 0. The molecule has 1 aromatic rings. The highest BCUT2D eigenvalue weighted by Gasteiger charge is 1.99. The second-order valence-electron chi connectivity index (χ2n) is 8.25. The number of benzene rings is 1. The van der Waals surface area contributed by atoms with E-state index >= 15 is 0 Å². The SMILES string of the molecule is CCCCCCCCc1ccc(/C=C\CCCCCCCCCC(=O)OC)cc1. The van der Waals surface area contributed by atoms with Crippen molar-refractivity contribution in [2.45, 2.75) is 110 Å². The van der Waals surface area contributed by atoms with Gasteiger partial charge in [0.1, 0.15) is 0 Å². The topological polar surface area (TPSA) is 26.3 Å². The number of aryl methyl sites for hydroxylation is 1. The summed E-state index contributed by atoms with van der Waals surface area (Å²) in [6.45, 7) is 2.27. The fraction of sp³-hybridized carbons (Fsp3) is 0.667. The molecule has 0 aromatic heterocycles. The number of esters is 1. The van der Waals surface area contributed by atoms with Crippen molar-refractivity contribution in [2.75, 3.05) is 7.11 Å². The highest BCUT2D eigenvalue weighted by Crippen LogP contribution is 2.13. The van der Waals surface area contributed by atoms with Crippen LogP contribution in [0.1, 0.15) is 114 Å². The molecule has 2 nitrogen and oxygen atoms in total. The number of hydrogen-bond donors (Lipinski definition) is 0. The van der Waals surface area contributed by atoms with Crippen LogP contribution in [0.25, 0.3) is 6.08 Å². The Morgan fingerprint density at radius 2 is 1.38 bits per heavy atom. The van der Waals surface area contributed by atoms with E-state index in [1.54, 1.807) is 0 Å². The maximum Gasteiger partial charge on any atom is 0.305 e. The molecule has 0 aliphatic rings. The van der Waals surface area contributed by atoms with Gasteiger partial charge in [-0.25, -0.2) is 0 Å². The van der Waals surface area contributed by atoms with Gasteiger partial charge in [-0.05, 0) is 43.2 Å². The van der Waals surface area contributed by atoms with Crippen LogP contribution < -0.4 is 0 Å². The molecule has 0 saturated heterocycles. The van der Waals surface area contributed by atoms with Gasteiger partial charge in [0.2, 0.25) is 0 Å². The quantitative estimate of drug-likeness (QED) is 0.183. The number of rotatable bonds is 18. The molecule has 1 rings (SSSR count). The number of hydrogen-bond acceptors (Lipinski definition) is 2. The van der Waals surface area contributed by atoms with E-state index in [0.29, 0.717) is 6.42 Å². The summed E-state index contributed by atoms with van der Waals surface area (Å²) in [5, 5.41) is 0. The van der Waals surface area contributed by atoms with Gasteiger partial charge in [0, 0.05) is 6.42 Å². The Morgan fingerprint density at radius 3 is 2.03 bits per heavy atom. The number of allylic oxidation sites excluding steroid dienone is 1. The van der Waals surface area contributed by atoms with Gasteiger partial charge in [-0.15, -0.1) is 0 Å². The first kappa shape index (κ1) is 25.5. The predicted molar refractivity (Wildman–Crippen MR) is 126 cm³/mol. The number of carbonyl (C=O) groups excluding carboxylic acids is 1. The predicted octanol–water partition coefficient (Wildman–Crippen LogP) is 8.29. The Kier molecular flexibility index (Phi) is 16.2. The molecule has 2 heteroatoms. The first-order chi connectivity index (χ1) is 14.3. The van der Waals surface area contributed by atoms with Crippen molar-refractivity contribution in [3.8, 4) is 0 Å². The van der Waals surface area contributed by atoms with Crippen LogP contribution in [0.5, 0.6) is 0 Å². The van der Waals surface area contributed by atoms with Crippen LogP contribution in [0.4, 0.5) is 0 Å².